The second-order valence-electron chi connectivity index (χ2n) is 4.84. The lowest BCUT2D eigenvalue weighted by Gasteiger charge is -2.16. The molecule has 0 bridgehead atoms. The fourth-order valence-electron chi connectivity index (χ4n) is 1.98. The quantitative estimate of drug-likeness (QED) is 0.823. The number of hydrogen-bond acceptors (Lipinski definition) is 4. The summed E-state index contributed by atoms with van der Waals surface area (Å²) in [4.78, 5) is 23.7. The molecule has 1 aromatic carbocycles. The SMILES string of the molecule is Cc1cccc(OCC(=O)N[C@H](CC(=O)O)c2cccs2)c1. The maximum absolute atomic E-state index is 12.0. The van der Waals surface area contributed by atoms with Crippen molar-refractivity contribution >= 4 is 23.2 Å². The molecule has 0 radical (unpaired) electrons. The Balaban J connectivity index is 1.92. The van der Waals surface area contributed by atoms with E-state index in [1.807, 2.05) is 36.6 Å². The highest BCUT2D eigenvalue weighted by molar-refractivity contribution is 7.10. The minimum atomic E-state index is -0.960. The minimum Gasteiger partial charge on any atom is -0.484 e. The molecule has 1 heterocycles. The number of carboxylic acids is 1. The number of nitrogens with one attached hydrogen (secondary N) is 1. The van der Waals surface area contributed by atoms with Crippen molar-refractivity contribution in [3.63, 3.8) is 0 Å². The van der Waals surface area contributed by atoms with E-state index in [9.17, 15) is 9.59 Å². The van der Waals surface area contributed by atoms with Gasteiger partial charge in [-0.05, 0) is 36.1 Å². The predicted molar refractivity (Wildman–Crippen MR) is 84.1 cm³/mol. The van der Waals surface area contributed by atoms with Crippen LogP contribution in [0.4, 0.5) is 0 Å². The molecule has 2 N–H and O–H groups in total. The Labute approximate surface area is 132 Å². The van der Waals surface area contributed by atoms with Crippen molar-refractivity contribution in [3.05, 3.63) is 52.2 Å². The molecule has 0 aliphatic rings. The van der Waals surface area contributed by atoms with Crippen molar-refractivity contribution in [2.24, 2.45) is 0 Å². The van der Waals surface area contributed by atoms with Crippen LogP contribution in [0.25, 0.3) is 0 Å². The number of aliphatic carboxylic acids is 1. The summed E-state index contributed by atoms with van der Waals surface area (Å²) in [6.07, 6.45) is -0.156. The summed E-state index contributed by atoms with van der Waals surface area (Å²) in [6, 6.07) is 10.5. The first kappa shape index (κ1) is 16.0. The Bertz CT molecular complexity index is 639. The molecule has 1 atom stereocenters. The van der Waals surface area contributed by atoms with Crippen LogP contribution in [0.1, 0.15) is 22.9 Å². The Morgan fingerprint density at radius 1 is 1.32 bits per heavy atom. The van der Waals surface area contributed by atoms with E-state index >= 15 is 0 Å². The molecule has 22 heavy (non-hydrogen) atoms. The molecule has 1 aromatic heterocycles. The van der Waals surface area contributed by atoms with Gasteiger partial charge in [-0.1, -0.05) is 18.2 Å². The second kappa shape index (κ2) is 7.61. The Morgan fingerprint density at radius 2 is 2.14 bits per heavy atom. The fourth-order valence-corrected chi connectivity index (χ4v) is 2.75. The average molecular weight is 319 g/mol. The van der Waals surface area contributed by atoms with Crippen LogP contribution < -0.4 is 10.1 Å². The van der Waals surface area contributed by atoms with Gasteiger partial charge in [0.25, 0.3) is 5.91 Å². The number of amides is 1. The monoisotopic (exact) mass is 319 g/mol. The number of aryl methyl sites for hydroxylation is 1. The van der Waals surface area contributed by atoms with Gasteiger partial charge in [0.2, 0.25) is 0 Å². The summed E-state index contributed by atoms with van der Waals surface area (Å²) >= 11 is 1.41. The smallest absolute Gasteiger partial charge is 0.305 e. The van der Waals surface area contributed by atoms with Crippen LogP contribution in [-0.4, -0.2) is 23.6 Å². The molecule has 0 saturated heterocycles. The number of rotatable bonds is 7. The van der Waals surface area contributed by atoms with Crippen LogP contribution in [0.3, 0.4) is 0 Å². The van der Waals surface area contributed by atoms with E-state index in [0.717, 1.165) is 10.4 Å². The van der Waals surface area contributed by atoms with Gasteiger partial charge in [0.1, 0.15) is 5.75 Å². The van der Waals surface area contributed by atoms with Crippen LogP contribution >= 0.6 is 11.3 Å². The van der Waals surface area contributed by atoms with Gasteiger partial charge >= 0.3 is 5.97 Å². The number of thiophene rings is 1. The van der Waals surface area contributed by atoms with E-state index in [4.69, 9.17) is 9.84 Å². The fraction of sp³-hybridized carbons (Fsp3) is 0.250. The first-order valence-electron chi connectivity index (χ1n) is 6.78. The van der Waals surface area contributed by atoms with Crippen LogP contribution in [0.5, 0.6) is 5.75 Å². The standard InChI is InChI=1S/C16H17NO4S/c1-11-4-2-5-12(8-11)21-10-15(18)17-13(9-16(19)20)14-6-3-7-22-14/h2-8,13H,9-10H2,1H3,(H,17,18)(H,19,20)/t13-/m1/s1. The summed E-state index contributed by atoms with van der Waals surface area (Å²) in [5.41, 5.74) is 1.04. The zero-order valence-corrected chi connectivity index (χ0v) is 12.9. The second-order valence-corrected chi connectivity index (χ2v) is 5.82. The van der Waals surface area contributed by atoms with Gasteiger partial charge in [0.05, 0.1) is 12.5 Å². The first-order chi connectivity index (χ1) is 10.5. The molecule has 2 aromatic rings. The Hall–Kier alpha value is -2.34. The highest BCUT2D eigenvalue weighted by Crippen LogP contribution is 2.22. The van der Waals surface area contributed by atoms with Gasteiger partial charge in [-0.2, -0.15) is 0 Å². The highest BCUT2D eigenvalue weighted by Gasteiger charge is 2.19. The molecular weight excluding hydrogens is 302 g/mol. The molecule has 2 rings (SSSR count). The largest absolute Gasteiger partial charge is 0.484 e. The molecule has 0 fully saturated rings. The summed E-state index contributed by atoms with van der Waals surface area (Å²) in [5.74, 6) is -0.694. The Kier molecular flexibility index (Phi) is 5.55. The minimum absolute atomic E-state index is 0.148. The number of hydrogen-bond donors (Lipinski definition) is 2. The van der Waals surface area contributed by atoms with Crippen LogP contribution in [0.15, 0.2) is 41.8 Å². The van der Waals surface area contributed by atoms with Gasteiger partial charge < -0.3 is 15.2 Å². The van der Waals surface area contributed by atoms with Crippen LogP contribution in [0, 0.1) is 6.92 Å². The summed E-state index contributed by atoms with van der Waals surface area (Å²) in [6.45, 7) is 1.79. The van der Waals surface area contributed by atoms with Crippen LogP contribution in [-0.2, 0) is 9.59 Å². The molecule has 116 valence electrons. The van der Waals surface area contributed by atoms with Crippen molar-refractivity contribution < 1.29 is 19.4 Å². The van der Waals surface area contributed by atoms with Crippen molar-refractivity contribution in [1.82, 2.24) is 5.32 Å². The lowest BCUT2D eigenvalue weighted by atomic mass is 10.1. The van der Waals surface area contributed by atoms with Gasteiger partial charge in [-0.15, -0.1) is 11.3 Å². The first-order valence-corrected chi connectivity index (χ1v) is 7.66. The van der Waals surface area contributed by atoms with Crippen LogP contribution in [0.2, 0.25) is 0 Å². The summed E-state index contributed by atoms with van der Waals surface area (Å²) in [5, 5.41) is 13.5. The van der Waals surface area contributed by atoms with Crippen molar-refractivity contribution in [2.75, 3.05) is 6.61 Å². The molecule has 0 saturated carbocycles. The molecule has 0 unspecified atom stereocenters. The van der Waals surface area contributed by atoms with E-state index in [-0.39, 0.29) is 18.9 Å². The molecule has 0 aliphatic carbocycles. The van der Waals surface area contributed by atoms with Crippen molar-refractivity contribution in [2.45, 2.75) is 19.4 Å². The van der Waals surface area contributed by atoms with Gasteiger partial charge in [0, 0.05) is 4.88 Å². The summed E-state index contributed by atoms with van der Waals surface area (Å²) < 4.78 is 5.42. The van der Waals surface area contributed by atoms with E-state index in [1.165, 1.54) is 11.3 Å². The highest BCUT2D eigenvalue weighted by atomic mass is 32.1. The normalized spacial score (nSPS) is 11.7. The number of carboxylic acid groups (broad SMARTS) is 1. The molecule has 6 heteroatoms. The zero-order chi connectivity index (χ0) is 15.9. The van der Waals surface area contributed by atoms with Crippen molar-refractivity contribution in [1.29, 1.82) is 0 Å². The number of carbonyl (C=O) groups excluding carboxylic acids is 1. The predicted octanol–water partition coefficient (Wildman–Crippen LogP) is 2.77. The molecule has 0 spiro atoms. The average Bonchev–Trinajstić information content (AvgIpc) is 2.98. The molecule has 0 aliphatic heterocycles. The van der Waals surface area contributed by atoms with Gasteiger partial charge in [-0.3, -0.25) is 9.59 Å². The van der Waals surface area contributed by atoms with Gasteiger partial charge in [-0.25, -0.2) is 0 Å². The number of carbonyl (C=O) groups is 2. The zero-order valence-electron chi connectivity index (χ0n) is 12.1. The van der Waals surface area contributed by atoms with E-state index < -0.39 is 12.0 Å². The van der Waals surface area contributed by atoms with E-state index in [2.05, 4.69) is 5.32 Å². The lowest BCUT2D eigenvalue weighted by molar-refractivity contribution is -0.137. The topological polar surface area (TPSA) is 75.6 Å². The Morgan fingerprint density at radius 3 is 2.77 bits per heavy atom. The maximum Gasteiger partial charge on any atom is 0.305 e. The number of benzene rings is 1. The molecule has 5 nitrogen and oxygen atoms in total. The lowest BCUT2D eigenvalue weighted by Crippen LogP contribution is -2.33. The van der Waals surface area contributed by atoms with E-state index in [0.29, 0.717) is 5.75 Å². The van der Waals surface area contributed by atoms with Crippen molar-refractivity contribution in [3.8, 4) is 5.75 Å². The van der Waals surface area contributed by atoms with E-state index in [1.54, 1.807) is 12.1 Å². The third kappa shape index (κ3) is 4.89. The molecular formula is C16H17NO4S. The third-order valence-electron chi connectivity index (χ3n) is 2.96. The third-order valence-corrected chi connectivity index (χ3v) is 3.95. The summed E-state index contributed by atoms with van der Waals surface area (Å²) in [7, 11) is 0. The maximum atomic E-state index is 12.0. The van der Waals surface area contributed by atoms with Gasteiger partial charge in [0.15, 0.2) is 6.61 Å². The molecule has 1 amide bonds. The number of ether oxygens (including phenoxy) is 1.